The van der Waals surface area contributed by atoms with Gasteiger partial charge in [0.25, 0.3) is 0 Å². The number of aryl methyl sites for hydroxylation is 2. The Morgan fingerprint density at radius 2 is 1.76 bits per heavy atom. The summed E-state index contributed by atoms with van der Waals surface area (Å²) in [4.78, 5) is 0.403. The summed E-state index contributed by atoms with van der Waals surface area (Å²) >= 11 is 0. The first-order valence-corrected chi connectivity index (χ1v) is 8.71. The minimum Gasteiger partial charge on any atom is -0.207 e. The Kier molecular flexibility index (Phi) is 2.75. The molecule has 1 saturated heterocycles. The summed E-state index contributed by atoms with van der Waals surface area (Å²) in [6.45, 7) is 1.96. The van der Waals surface area contributed by atoms with Crippen LogP contribution in [0, 0.1) is 6.92 Å². The average Bonchev–Trinajstić information content (AvgIpc) is 3.23. The minimum absolute atomic E-state index is 0.0428. The van der Waals surface area contributed by atoms with Crippen molar-refractivity contribution in [1.29, 1.82) is 0 Å². The van der Waals surface area contributed by atoms with Crippen LogP contribution >= 0.6 is 0 Å². The van der Waals surface area contributed by atoms with Gasteiger partial charge in [0.15, 0.2) is 0 Å². The highest BCUT2D eigenvalue weighted by molar-refractivity contribution is 7.89. The molecular weight excluding hydrogens is 282 g/mol. The predicted octanol–water partition coefficient (Wildman–Crippen LogP) is 3.06. The van der Waals surface area contributed by atoms with Crippen molar-refractivity contribution in [2.75, 3.05) is 0 Å². The van der Waals surface area contributed by atoms with Crippen molar-refractivity contribution in [3.63, 3.8) is 0 Å². The lowest BCUT2D eigenvalue weighted by Crippen LogP contribution is -2.14. The first-order chi connectivity index (χ1) is 10.1. The Hall–Kier alpha value is -1.65. The van der Waals surface area contributed by atoms with Gasteiger partial charge in [-0.15, -0.1) is 0 Å². The molecule has 0 aromatic heterocycles. The van der Waals surface area contributed by atoms with Gasteiger partial charge < -0.3 is 0 Å². The molecule has 1 fully saturated rings. The van der Waals surface area contributed by atoms with Crippen LogP contribution < -0.4 is 0 Å². The number of fused-ring (bicyclic) bond motifs is 3. The summed E-state index contributed by atoms with van der Waals surface area (Å²) in [6, 6.07) is 15.5. The second kappa shape index (κ2) is 4.42. The van der Waals surface area contributed by atoms with Crippen LogP contribution in [0.3, 0.4) is 0 Å². The molecule has 21 heavy (non-hydrogen) atoms. The van der Waals surface area contributed by atoms with Gasteiger partial charge >= 0.3 is 0 Å². The largest absolute Gasteiger partial charge is 0.244 e. The fourth-order valence-corrected chi connectivity index (χ4v) is 5.20. The molecule has 4 rings (SSSR count). The molecule has 1 aliphatic heterocycles. The van der Waals surface area contributed by atoms with Crippen LogP contribution in [0.1, 0.15) is 29.2 Å². The summed E-state index contributed by atoms with van der Waals surface area (Å²) in [5, 5.41) is 0. The lowest BCUT2D eigenvalue weighted by Gasteiger charge is -2.11. The molecule has 0 amide bonds. The maximum Gasteiger partial charge on any atom is 0.244 e. The Balaban J connectivity index is 1.72. The highest BCUT2D eigenvalue weighted by Gasteiger charge is 2.57. The maximum absolute atomic E-state index is 12.8. The molecule has 0 radical (unpaired) electrons. The van der Waals surface area contributed by atoms with Gasteiger partial charge in [-0.1, -0.05) is 42.0 Å². The molecule has 0 N–H and O–H groups in total. The zero-order valence-electron chi connectivity index (χ0n) is 11.9. The second-order valence-electron chi connectivity index (χ2n) is 5.90. The van der Waals surface area contributed by atoms with E-state index in [9.17, 15) is 8.42 Å². The maximum atomic E-state index is 12.8. The molecule has 0 bridgehead atoms. The molecule has 0 saturated carbocycles. The van der Waals surface area contributed by atoms with Crippen LogP contribution in [0.5, 0.6) is 0 Å². The molecule has 3 nitrogen and oxygen atoms in total. The number of benzene rings is 2. The fourth-order valence-electron chi connectivity index (χ4n) is 3.40. The van der Waals surface area contributed by atoms with Crippen LogP contribution in [0.25, 0.3) is 0 Å². The predicted molar refractivity (Wildman–Crippen MR) is 81.5 cm³/mol. The molecule has 108 valence electrons. The van der Waals surface area contributed by atoms with Crippen LogP contribution in [-0.2, 0) is 16.4 Å². The van der Waals surface area contributed by atoms with E-state index in [1.807, 2.05) is 31.2 Å². The SMILES string of the molecule is Cc1ccc(S(=O)(=O)N2C3CCc4ccccc4[C@@H]32)cc1. The van der Waals surface area contributed by atoms with Crippen molar-refractivity contribution in [2.45, 2.75) is 36.7 Å². The standard InChI is InChI=1S/C17H17NO2S/c1-12-6-9-14(10-7-12)21(19,20)18-16-11-8-13-4-2-3-5-15(13)17(16)18/h2-7,9-10,16-17H,8,11H2,1H3/t16?,17-,18?/m0/s1. The van der Waals surface area contributed by atoms with E-state index < -0.39 is 10.0 Å². The first kappa shape index (κ1) is 13.0. The molecule has 2 unspecified atom stereocenters. The molecule has 0 spiro atoms. The molecule has 2 aliphatic rings. The molecule has 2 aromatic rings. The summed E-state index contributed by atoms with van der Waals surface area (Å²) in [5.74, 6) is 0. The third-order valence-corrected chi connectivity index (χ3v) is 6.48. The number of rotatable bonds is 2. The molecular formula is C17H17NO2S. The molecule has 1 heterocycles. The van der Waals surface area contributed by atoms with Crippen molar-refractivity contribution in [3.05, 3.63) is 65.2 Å². The highest BCUT2D eigenvalue weighted by atomic mass is 32.2. The molecule has 1 aliphatic carbocycles. The highest BCUT2D eigenvalue weighted by Crippen LogP contribution is 2.53. The van der Waals surface area contributed by atoms with Crippen molar-refractivity contribution >= 4 is 10.0 Å². The lowest BCUT2D eigenvalue weighted by atomic mass is 9.92. The lowest BCUT2D eigenvalue weighted by molar-refractivity contribution is 0.544. The number of hydrogen-bond donors (Lipinski definition) is 0. The van der Waals surface area contributed by atoms with E-state index in [0.29, 0.717) is 4.90 Å². The normalized spacial score (nSPS) is 26.8. The van der Waals surface area contributed by atoms with Gasteiger partial charge in [-0.25, -0.2) is 8.42 Å². The van der Waals surface area contributed by atoms with Gasteiger partial charge in [0.2, 0.25) is 10.0 Å². The molecule has 3 atom stereocenters. The molecule has 2 aromatic carbocycles. The Labute approximate surface area is 125 Å². The Bertz CT molecular complexity index is 796. The van der Waals surface area contributed by atoms with E-state index in [4.69, 9.17) is 0 Å². The average molecular weight is 299 g/mol. The summed E-state index contributed by atoms with van der Waals surface area (Å²) in [5.41, 5.74) is 3.55. The van der Waals surface area contributed by atoms with Crippen LogP contribution in [0.2, 0.25) is 0 Å². The van der Waals surface area contributed by atoms with Crippen LogP contribution in [0.15, 0.2) is 53.4 Å². The topological polar surface area (TPSA) is 37.1 Å². The zero-order chi connectivity index (χ0) is 14.6. The number of sulfonamides is 1. The first-order valence-electron chi connectivity index (χ1n) is 7.27. The molecule has 4 heteroatoms. The Morgan fingerprint density at radius 3 is 2.52 bits per heavy atom. The second-order valence-corrected chi connectivity index (χ2v) is 7.74. The summed E-state index contributed by atoms with van der Waals surface area (Å²) in [7, 11) is -3.37. The van der Waals surface area contributed by atoms with Gasteiger partial charge in [-0.05, 0) is 43.0 Å². The smallest absolute Gasteiger partial charge is 0.207 e. The van der Waals surface area contributed by atoms with E-state index in [0.717, 1.165) is 18.4 Å². The van der Waals surface area contributed by atoms with E-state index in [1.54, 1.807) is 16.4 Å². The van der Waals surface area contributed by atoms with E-state index >= 15 is 0 Å². The Morgan fingerprint density at radius 1 is 1.05 bits per heavy atom. The number of nitrogens with zero attached hydrogens (tertiary/aromatic N) is 1. The van der Waals surface area contributed by atoms with Crippen LogP contribution in [0.4, 0.5) is 0 Å². The van der Waals surface area contributed by atoms with Crippen molar-refractivity contribution in [1.82, 2.24) is 4.31 Å². The van der Waals surface area contributed by atoms with Gasteiger partial charge in [-0.2, -0.15) is 4.31 Å². The van der Waals surface area contributed by atoms with E-state index in [1.165, 1.54) is 11.1 Å². The van der Waals surface area contributed by atoms with E-state index in [-0.39, 0.29) is 12.1 Å². The third kappa shape index (κ3) is 1.93. The summed E-state index contributed by atoms with van der Waals surface area (Å²) in [6.07, 6.45) is 1.89. The fraction of sp³-hybridized carbons (Fsp3) is 0.294. The number of hydrogen-bond acceptors (Lipinski definition) is 2. The zero-order valence-corrected chi connectivity index (χ0v) is 12.7. The van der Waals surface area contributed by atoms with Gasteiger partial charge in [0, 0.05) is 6.04 Å². The third-order valence-electron chi connectivity index (χ3n) is 4.56. The van der Waals surface area contributed by atoms with Crippen molar-refractivity contribution < 1.29 is 8.42 Å². The van der Waals surface area contributed by atoms with Gasteiger partial charge in [0.05, 0.1) is 10.9 Å². The van der Waals surface area contributed by atoms with E-state index in [2.05, 4.69) is 12.1 Å². The monoisotopic (exact) mass is 299 g/mol. The van der Waals surface area contributed by atoms with Gasteiger partial charge in [0.1, 0.15) is 0 Å². The van der Waals surface area contributed by atoms with Crippen LogP contribution in [-0.4, -0.2) is 18.8 Å². The van der Waals surface area contributed by atoms with Gasteiger partial charge in [-0.3, -0.25) is 0 Å². The quantitative estimate of drug-likeness (QED) is 0.799. The minimum atomic E-state index is -3.37. The van der Waals surface area contributed by atoms with Crippen molar-refractivity contribution in [3.8, 4) is 0 Å². The summed E-state index contributed by atoms with van der Waals surface area (Å²) < 4.78 is 27.3. The van der Waals surface area contributed by atoms with Crippen molar-refractivity contribution in [2.24, 2.45) is 0 Å².